The highest BCUT2D eigenvalue weighted by atomic mass is 35.5. The number of aromatic amines is 1. The van der Waals surface area contributed by atoms with Crippen molar-refractivity contribution in [2.45, 2.75) is 44.9 Å². The Kier molecular flexibility index (Phi) is 7.55. The Morgan fingerprint density at radius 1 is 1.44 bits per heavy atom. The van der Waals surface area contributed by atoms with Crippen LogP contribution in [0, 0.1) is 0 Å². The molecule has 0 bridgehead atoms. The summed E-state index contributed by atoms with van der Waals surface area (Å²) in [4.78, 5) is 15.7. The van der Waals surface area contributed by atoms with Gasteiger partial charge in [-0.05, 0) is 55.8 Å². The molecule has 1 aromatic heterocycles. The van der Waals surface area contributed by atoms with Crippen LogP contribution in [0.5, 0.6) is 11.5 Å². The monoisotopic (exact) mass is 410 g/mol. The molecule has 146 valence electrons. The zero-order valence-electron chi connectivity index (χ0n) is 15.5. The van der Waals surface area contributed by atoms with Gasteiger partial charge in [0.1, 0.15) is 5.82 Å². The van der Waals surface area contributed by atoms with Crippen LogP contribution >= 0.6 is 23.4 Å². The van der Waals surface area contributed by atoms with Crippen LogP contribution in [0.2, 0.25) is 5.02 Å². The topological polar surface area (TPSA) is 100 Å². The number of thioether (sulfide) groups is 1. The minimum absolute atomic E-state index is 0.0484. The second-order valence-electron chi connectivity index (χ2n) is 5.91. The molecule has 0 aliphatic carbocycles. The van der Waals surface area contributed by atoms with E-state index in [9.17, 15) is 9.90 Å². The molecule has 1 aromatic carbocycles. The number of H-pyrrole nitrogens is 1. The summed E-state index contributed by atoms with van der Waals surface area (Å²) in [6.07, 6.45) is 2.99. The van der Waals surface area contributed by atoms with E-state index in [2.05, 4.69) is 15.2 Å². The lowest BCUT2D eigenvalue weighted by molar-refractivity contribution is -0.298. The van der Waals surface area contributed by atoms with Crippen molar-refractivity contribution in [1.82, 2.24) is 15.2 Å². The lowest BCUT2D eigenvalue weighted by Gasteiger charge is -2.16. The SMILES string of the molecule is CCCc1nc(S/C(=C/c2cc(Cl)c(OC(C)C)c(OC)c2)C(=O)[O-])n[nH]1. The largest absolute Gasteiger partial charge is 0.544 e. The number of ether oxygens (including phenoxy) is 2. The number of carbonyl (C=O) groups excluding carboxylic acids is 1. The maximum Gasteiger partial charge on any atom is 0.213 e. The number of nitrogens with one attached hydrogen (secondary N) is 1. The first-order valence-corrected chi connectivity index (χ1v) is 9.59. The first kappa shape index (κ1) is 21.1. The minimum atomic E-state index is -1.33. The number of hydrogen-bond acceptors (Lipinski definition) is 7. The number of aliphatic carboxylic acids is 1. The number of aromatic nitrogens is 3. The summed E-state index contributed by atoms with van der Waals surface area (Å²) in [7, 11) is 1.49. The van der Waals surface area contributed by atoms with Gasteiger partial charge in [0.15, 0.2) is 11.5 Å². The Morgan fingerprint density at radius 3 is 2.78 bits per heavy atom. The molecule has 7 nitrogen and oxygen atoms in total. The zero-order valence-corrected chi connectivity index (χ0v) is 17.1. The summed E-state index contributed by atoms with van der Waals surface area (Å²) in [6.45, 7) is 5.77. The third kappa shape index (κ3) is 5.90. The molecule has 2 aromatic rings. The molecular weight excluding hydrogens is 390 g/mol. The van der Waals surface area contributed by atoms with Gasteiger partial charge >= 0.3 is 0 Å². The van der Waals surface area contributed by atoms with Crippen LogP contribution in [0.3, 0.4) is 0 Å². The average Bonchev–Trinajstić information content (AvgIpc) is 3.03. The third-order valence-corrected chi connectivity index (χ3v) is 4.45. The van der Waals surface area contributed by atoms with Crippen LogP contribution in [0.1, 0.15) is 38.6 Å². The van der Waals surface area contributed by atoms with Crippen molar-refractivity contribution in [3.8, 4) is 11.5 Å². The van der Waals surface area contributed by atoms with Crippen molar-refractivity contribution in [2.75, 3.05) is 7.11 Å². The second kappa shape index (κ2) is 9.66. The van der Waals surface area contributed by atoms with Crippen molar-refractivity contribution < 1.29 is 19.4 Å². The number of methoxy groups -OCH3 is 1. The molecule has 0 saturated heterocycles. The van der Waals surface area contributed by atoms with Gasteiger partial charge in [0.05, 0.1) is 24.2 Å². The van der Waals surface area contributed by atoms with Gasteiger partial charge in [-0.2, -0.15) is 0 Å². The smallest absolute Gasteiger partial charge is 0.213 e. The number of carboxylic acid groups (broad SMARTS) is 1. The van der Waals surface area contributed by atoms with Crippen LogP contribution in [-0.4, -0.2) is 34.4 Å². The first-order valence-electron chi connectivity index (χ1n) is 8.40. The molecule has 1 N–H and O–H groups in total. The van der Waals surface area contributed by atoms with Crippen LogP contribution in [0.15, 0.2) is 22.2 Å². The van der Waals surface area contributed by atoms with E-state index in [1.807, 2.05) is 20.8 Å². The van der Waals surface area contributed by atoms with Crippen molar-refractivity contribution in [1.29, 1.82) is 0 Å². The molecule has 0 radical (unpaired) electrons. The minimum Gasteiger partial charge on any atom is -0.544 e. The molecule has 0 aliphatic heterocycles. The third-order valence-electron chi connectivity index (χ3n) is 3.30. The van der Waals surface area contributed by atoms with Crippen LogP contribution < -0.4 is 14.6 Å². The van der Waals surface area contributed by atoms with Gasteiger partial charge in [-0.1, -0.05) is 18.5 Å². The fourth-order valence-corrected chi connectivity index (χ4v) is 3.21. The van der Waals surface area contributed by atoms with Crippen LogP contribution in [-0.2, 0) is 11.2 Å². The molecular formula is C18H21ClN3O4S-. The summed E-state index contributed by atoms with van der Waals surface area (Å²) >= 11 is 7.19. The van der Waals surface area contributed by atoms with Crippen LogP contribution in [0.25, 0.3) is 6.08 Å². The van der Waals surface area contributed by atoms with Crippen molar-refractivity contribution in [3.63, 3.8) is 0 Å². The standard InChI is InChI=1S/C18H22ClN3O4S/c1-5-6-15-20-18(22-21-15)27-14(17(23)24)9-11-7-12(19)16(26-10(2)3)13(8-11)25-4/h7-10H,5-6H2,1-4H3,(H,23,24)(H,20,21,22)/p-1/b14-9+. The molecule has 0 aliphatic rings. The van der Waals surface area contributed by atoms with E-state index in [-0.39, 0.29) is 11.0 Å². The molecule has 2 rings (SSSR count). The Labute approximate surface area is 167 Å². The van der Waals surface area contributed by atoms with Gasteiger partial charge in [-0.3, -0.25) is 5.10 Å². The predicted molar refractivity (Wildman–Crippen MR) is 103 cm³/mol. The average molecular weight is 411 g/mol. The molecule has 0 saturated carbocycles. The van der Waals surface area contributed by atoms with Crippen molar-refractivity contribution in [2.24, 2.45) is 0 Å². The van der Waals surface area contributed by atoms with Gasteiger partial charge in [0.2, 0.25) is 5.16 Å². The summed E-state index contributed by atoms with van der Waals surface area (Å²) in [5.41, 5.74) is 0.531. The lowest BCUT2D eigenvalue weighted by Crippen LogP contribution is -2.23. The molecule has 0 amide bonds. The highest BCUT2D eigenvalue weighted by Gasteiger charge is 2.14. The number of aryl methyl sites for hydroxylation is 1. The summed E-state index contributed by atoms with van der Waals surface area (Å²) in [6, 6.07) is 3.25. The highest BCUT2D eigenvalue weighted by Crippen LogP contribution is 2.38. The molecule has 9 heteroatoms. The maximum absolute atomic E-state index is 11.5. The molecule has 27 heavy (non-hydrogen) atoms. The molecule has 0 fully saturated rings. The highest BCUT2D eigenvalue weighted by molar-refractivity contribution is 8.04. The van der Waals surface area contributed by atoms with E-state index in [1.165, 1.54) is 13.2 Å². The van der Waals surface area contributed by atoms with E-state index < -0.39 is 5.97 Å². The van der Waals surface area contributed by atoms with E-state index in [0.29, 0.717) is 33.1 Å². The van der Waals surface area contributed by atoms with Gasteiger partial charge in [-0.15, -0.1) is 5.10 Å². The predicted octanol–water partition coefficient (Wildman–Crippen LogP) is 3.09. The maximum atomic E-state index is 11.5. The molecule has 1 heterocycles. The van der Waals surface area contributed by atoms with Crippen molar-refractivity contribution >= 4 is 35.4 Å². The fraction of sp³-hybridized carbons (Fsp3) is 0.389. The van der Waals surface area contributed by atoms with Gasteiger partial charge in [-0.25, -0.2) is 4.98 Å². The van der Waals surface area contributed by atoms with Crippen molar-refractivity contribution in [3.05, 3.63) is 33.4 Å². The van der Waals surface area contributed by atoms with Gasteiger partial charge in [0, 0.05) is 11.3 Å². The summed E-state index contributed by atoms with van der Waals surface area (Å²) < 4.78 is 11.0. The van der Waals surface area contributed by atoms with E-state index >= 15 is 0 Å². The number of rotatable bonds is 9. The van der Waals surface area contributed by atoms with E-state index in [4.69, 9.17) is 21.1 Å². The Hall–Kier alpha value is -2.19. The quantitative estimate of drug-likeness (QED) is 0.500. The Morgan fingerprint density at radius 2 is 2.19 bits per heavy atom. The van der Waals surface area contributed by atoms with E-state index in [0.717, 1.165) is 24.6 Å². The number of carbonyl (C=O) groups is 1. The Bertz CT molecular complexity index is 836. The normalized spacial score (nSPS) is 11.7. The van der Waals surface area contributed by atoms with E-state index in [1.54, 1.807) is 12.1 Å². The number of halogens is 1. The zero-order chi connectivity index (χ0) is 20.0. The molecule has 0 spiro atoms. The fourth-order valence-electron chi connectivity index (χ4n) is 2.23. The van der Waals surface area contributed by atoms with Gasteiger partial charge in [0.25, 0.3) is 0 Å². The Balaban J connectivity index is 2.33. The number of nitrogens with zero attached hydrogens (tertiary/aromatic N) is 2. The number of carboxylic acids is 1. The second-order valence-corrected chi connectivity index (χ2v) is 7.33. The lowest BCUT2D eigenvalue weighted by atomic mass is 10.2. The molecule has 0 atom stereocenters. The van der Waals surface area contributed by atoms with Crippen LogP contribution in [0.4, 0.5) is 0 Å². The number of benzene rings is 1. The summed E-state index contributed by atoms with van der Waals surface area (Å²) in [5, 5.41) is 19.0. The first-order chi connectivity index (χ1) is 12.8. The van der Waals surface area contributed by atoms with Gasteiger partial charge < -0.3 is 19.4 Å². The number of hydrogen-bond donors (Lipinski definition) is 1. The molecule has 0 unspecified atom stereocenters. The summed E-state index contributed by atoms with van der Waals surface area (Å²) in [5.74, 6) is 0.192.